The van der Waals surface area contributed by atoms with E-state index >= 15 is 0 Å². The highest BCUT2D eigenvalue weighted by atomic mass is 32.2. The van der Waals surface area contributed by atoms with Gasteiger partial charge in [-0.3, -0.25) is 9.29 Å². The predicted octanol–water partition coefficient (Wildman–Crippen LogP) is 3.22. The molecule has 0 saturated carbocycles. The van der Waals surface area contributed by atoms with Crippen LogP contribution in [-0.4, -0.2) is 18.6 Å². The molecule has 0 amide bonds. The van der Waals surface area contributed by atoms with E-state index in [0.29, 0.717) is 11.3 Å². The first-order chi connectivity index (χ1) is 11.9. The largest absolute Gasteiger partial charge is 0.360 e. The van der Waals surface area contributed by atoms with Gasteiger partial charge >= 0.3 is 0 Å². The SMILES string of the molecule is Cc1noc(C)c1S(=O)(=O)N(Cc1cccnc1)c1ccc(F)cc1. The van der Waals surface area contributed by atoms with Crippen LogP contribution >= 0.6 is 0 Å². The smallest absolute Gasteiger partial charge is 0.270 e. The first-order valence-corrected chi connectivity index (χ1v) is 8.93. The van der Waals surface area contributed by atoms with Gasteiger partial charge in [-0.15, -0.1) is 0 Å². The van der Waals surface area contributed by atoms with Gasteiger partial charge in [0.15, 0.2) is 10.7 Å². The van der Waals surface area contributed by atoms with Gasteiger partial charge in [0.2, 0.25) is 0 Å². The highest BCUT2D eigenvalue weighted by Gasteiger charge is 2.31. The Labute approximate surface area is 145 Å². The van der Waals surface area contributed by atoms with Gasteiger partial charge in [0.25, 0.3) is 10.0 Å². The normalized spacial score (nSPS) is 11.5. The number of aryl methyl sites for hydroxylation is 2. The third-order valence-electron chi connectivity index (χ3n) is 3.68. The quantitative estimate of drug-likeness (QED) is 0.697. The molecule has 0 fully saturated rings. The summed E-state index contributed by atoms with van der Waals surface area (Å²) in [7, 11) is -3.96. The number of hydrogen-bond donors (Lipinski definition) is 0. The molecule has 2 heterocycles. The predicted molar refractivity (Wildman–Crippen MR) is 90.0 cm³/mol. The molecule has 0 aliphatic rings. The number of aromatic nitrogens is 2. The van der Waals surface area contributed by atoms with Crippen molar-refractivity contribution in [3.8, 4) is 0 Å². The summed E-state index contributed by atoms with van der Waals surface area (Å²) in [4.78, 5) is 4.03. The number of hydrogen-bond acceptors (Lipinski definition) is 5. The lowest BCUT2D eigenvalue weighted by atomic mass is 10.2. The summed E-state index contributed by atoms with van der Waals surface area (Å²) in [5, 5.41) is 3.73. The van der Waals surface area contributed by atoms with Gasteiger partial charge in [-0.25, -0.2) is 12.8 Å². The van der Waals surface area contributed by atoms with Crippen LogP contribution in [-0.2, 0) is 16.6 Å². The van der Waals surface area contributed by atoms with Crippen LogP contribution in [0.5, 0.6) is 0 Å². The van der Waals surface area contributed by atoms with E-state index in [1.54, 1.807) is 38.4 Å². The number of benzene rings is 1. The van der Waals surface area contributed by atoms with Crippen LogP contribution in [0.25, 0.3) is 0 Å². The number of sulfonamides is 1. The summed E-state index contributed by atoms with van der Waals surface area (Å²) >= 11 is 0. The van der Waals surface area contributed by atoms with Gasteiger partial charge in [-0.05, 0) is 49.7 Å². The molecule has 0 aliphatic heterocycles. The fraction of sp³-hybridized carbons (Fsp3) is 0.176. The van der Waals surface area contributed by atoms with Crippen LogP contribution < -0.4 is 4.31 Å². The van der Waals surface area contributed by atoms with E-state index in [0.717, 1.165) is 0 Å². The van der Waals surface area contributed by atoms with Crippen LogP contribution in [0, 0.1) is 19.7 Å². The Morgan fingerprint density at radius 3 is 2.44 bits per heavy atom. The number of pyridine rings is 1. The topological polar surface area (TPSA) is 76.3 Å². The molecule has 2 aromatic heterocycles. The van der Waals surface area contributed by atoms with Gasteiger partial charge in [0.05, 0.1) is 12.2 Å². The lowest BCUT2D eigenvalue weighted by Crippen LogP contribution is -2.31. The first-order valence-electron chi connectivity index (χ1n) is 7.49. The Morgan fingerprint density at radius 1 is 1.16 bits per heavy atom. The van der Waals surface area contributed by atoms with Crippen molar-refractivity contribution < 1.29 is 17.3 Å². The molecule has 0 spiro atoms. The Morgan fingerprint density at radius 2 is 1.88 bits per heavy atom. The van der Waals surface area contributed by atoms with Crippen molar-refractivity contribution in [2.45, 2.75) is 25.3 Å². The van der Waals surface area contributed by atoms with Crippen molar-refractivity contribution in [3.05, 3.63) is 71.6 Å². The van der Waals surface area contributed by atoms with Crippen molar-refractivity contribution in [2.75, 3.05) is 4.31 Å². The van der Waals surface area contributed by atoms with E-state index < -0.39 is 15.8 Å². The minimum Gasteiger partial charge on any atom is -0.360 e. The van der Waals surface area contributed by atoms with E-state index in [9.17, 15) is 12.8 Å². The van der Waals surface area contributed by atoms with Gasteiger partial charge in [-0.2, -0.15) is 0 Å². The van der Waals surface area contributed by atoms with Crippen molar-refractivity contribution in [1.82, 2.24) is 10.1 Å². The molecular weight excluding hydrogens is 345 g/mol. The Hall–Kier alpha value is -2.74. The molecule has 3 aromatic rings. The molecule has 0 radical (unpaired) electrons. The molecule has 6 nitrogen and oxygen atoms in total. The van der Waals surface area contributed by atoms with Crippen molar-refractivity contribution in [2.24, 2.45) is 0 Å². The second-order valence-corrected chi connectivity index (χ2v) is 7.30. The zero-order valence-corrected chi connectivity index (χ0v) is 14.5. The summed E-state index contributed by atoms with van der Waals surface area (Å²) in [5.41, 5.74) is 1.31. The number of rotatable bonds is 5. The van der Waals surface area contributed by atoms with Gasteiger partial charge in [0, 0.05) is 12.4 Å². The fourth-order valence-corrected chi connectivity index (χ4v) is 4.28. The number of halogens is 1. The van der Waals surface area contributed by atoms with E-state index in [1.165, 1.54) is 28.6 Å². The van der Waals surface area contributed by atoms with E-state index in [4.69, 9.17) is 4.52 Å². The fourth-order valence-electron chi connectivity index (χ4n) is 2.53. The van der Waals surface area contributed by atoms with E-state index in [-0.39, 0.29) is 22.9 Å². The highest BCUT2D eigenvalue weighted by molar-refractivity contribution is 7.92. The lowest BCUT2D eigenvalue weighted by Gasteiger charge is -2.24. The molecule has 8 heteroatoms. The zero-order valence-electron chi connectivity index (χ0n) is 13.7. The average molecular weight is 361 g/mol. The maximum Gasteiger partial charge on any atom is 0.270 e. The van der Waals surface area contributed by atoms with Crippen molar-refractivity contribution in [1.29, 1.82) is 0 Å². The second-order valence-electron chi connectivity index (χ2n) is 5.50. The van der Waals surface area contributed by atoms with Crippen LogP contribution in [0.4, 0.5) is 10.1 Å². The van der Waals surface area contributed by atoms with Gasteiger partial charge in [-0.1, -0.05) is 11.2 Å². The minimum atomic E-state index is -3.96. The van der Waals surface area contributed by atoms with Crippen LogP contribution in [0.2, 0.25) is 0 Å². The summed E-state index contributed by atoms with van der Waals surface area (Å²) in [5.74, 6) is -0.240. The molecule has 0 aliphatic carbocycles. The summed E-state index contributed by atoms with van der Waals surface area (Å²) < 4.78 is 45.9. The number of anilines is 1. The summed E-state index contributed by atoms with van der Waals surface area (Å²) in [6, 6.07) is 8.76. The Balaban J connectivity index is 2.12. The van der Waals surface area contributed by atoms with Crippen LogP contribution in [0.1, 0.15) is 17.0 Å². The number of nitrogens with zero attached hydrogens (tertiary/aromatic N) is 3. The van der Waals surface area contributed by atoms with Crippen LogP contribution in [0.15, 0.2) is 58.2 Å². The average Bonchev–Trinajstić information content (AvgIpc) is 2.94. The summed E-state index contributed by atoms with van der Waals surface area (Å²) in [6.07, 6.45) is 3.19. The zero-order chi connectivity index (χ0) is 18.0. The molecule has 0 unspecified atom stereocenters. The molecule has 1 aromatic carbocycles. The standard InChI is InChI=1S/C17H16FN3O3S/c1-12-17(13(2)24-20-12)25(22,23)21(11-14-4-3-9-19-10-14)16-7-5-15(18)6-8-16/h3-10H,11H2,1-2H3. The molecule has 130 valence electrons. The van der Waals surface area contributed by atoms with E-state index in [2.05, 4.69) is 10.1 Å². The molecular formula is C17H16FN3O3S. The first kappa shape index (κ1) is 17.1. The molecule has 0 atom stereocenters. The monoisotopic (exact) mass is 361 g/mol. The Bertz CT molecular complexity index is 951. The maximum atomic E-state index is 13.3. The molecule has 0 bridgehead atoms. The Kier molecular flexibility index (Phi) is 4.54. The molecule has 0 N–H and O–H groups in total. The lowest BCUT2D eigenvalue weighted by molar-refractivity contribution is 0.390. The summed E-state index contributed by atoms with van der Waals surface area (Å²) in [6.45, 7) is 3.15. The van der Waals surface area contributed by atoms with E-state index in [1.807, 2.05) is 0 Å². The molecule has 25 heavy (non-hydrogen) atoms. The van der Waals surface area contributed by atoms with Crippen molar-refractivity contribution >= 4 is 15.7 Å². The minimum absolute atomic E-state index is 0.0146. The van der Waals surface area contributed by atoms with Gasteiger partial charge < -0.3 is 4.52 Å². The van der Waals surface area contributed by atoms with Gasteiger partial charge in [0.1, 0.15) is 11.5 Å². The third kappa shape index (κ3) is 3.39. The van der Waals surface area contributed by atoms with Crippen molar-refractivity contribution in [3.63, 3.8) is 0 Å². The molecule has 0 saturated heterocycles. The third-order valence-corrected chi connectivity index (χ3v) is 5.70. The maximum absolute atomic E-state index is 13.3. The second kappa shape index (κ2) is 6.64. The highest BCUT2D eigenvalue weighted by Crippen LogP contribution is 2.29. The molecule has 3 rings (SSSR count). The van der Waals surface area contributed by atoms with Crippen LogP contribution in [0.3, 0.4) is 0 Å².